The second-order valence-electron chi connectivity index (χ2n) is 21.3. The largest absolute Gasteiger partial charge is 0.493 e. The summed E-state index contributed by atoms with van der Waals surface area (Å²) in [6, 6.07) is 25.7. The van der Waals surface area contributed by atoms with Crippen molar-refractivity contribution in [1.82, 2.24) is 24.5 Å². The van der Waals surface area contributed by atoms with Gasteiger partial charge in [-0.3, -0.25) is 43.6 Å². The molecule has 9 rings (SSSR count). The number of urea groups is 1. The van der Waals surface area contributed by atoms with Crippen LogP contribution in [0.3, 0.4) is 0 Å². The van der Waals surface area contributed by atoms with Gasteiger partial charge in [0.05, 0.1) is 42.8 Å². The van der Waals surface area contributed by atoms with Gasteiger partial charge >= 0.3 is 18.0 Å². The molecule has 5 amide bonds. The molecule has 2 heterocycles. The molecular formula is C59H70Cl3N5O11S. The number of amides is 5. The van der Waals surface area contributed by atoms with E-state index in [1.54, 1.807) is 14.2 Å². The molecule has 4 aromatic rings. The van der Waals surface area contributed by atoms with Crippen LogP contribution < -0.4 is 14.2 Å². The van der Waals surface area contributed by atoms with E-state index in [1.807, 2.05) is 66.7 Å². The summed E-state index contributed by atoms with van der Waals surface area (Å²) in [7, 11) is 3.20. The molecule has 424 valence electrons. The molecule has 0 bridgehead atoms. The lowest BCUT2D eigenvalue weighted by Crippen LogP contribution is -2.35. The van der Waals surface area contributed by atoms with Gasteiger partial charge in [-0.05, 0) is 159 Å². The van der Waals surface area contributed by atoms with Crippen molar-refractivity contribution in [3.05, 3.63) is 122 Å². The van der Waals surface area contributed by atoms with E-state index in [4.69, 9.17) is 49.0 Å². The quantitative estimate of drug-likeness (QED) is 0.0708. The number of aryl methyl sites for hydroxylation is 1. The number of carboxylic acid groups (broad SMARTS) is 2. The van der Waals surface area contributed by atoms with Gasteiger partial charge in [0, 0.05) is 55.4 Å². The maximum atomic E-state index is 12.0. The third-order valence-electron chi connectivity index (χ3n) is 16.1. The first-order valence-electron chi connectivity index (χ1n) is 27.2. The first-order valence-corrected chi connectivity index (χ1v) is 29.3. The number of halogens is 3. The number of aliphatic carboxylic acids is 2. The van der Waals surface area contributed by atoms with Crippen LogP contribution in [0.4, 0.5) is 9.59 Å². The summed E-state index contributed by atoms with van der Waals surface area (Å²) in [5.74, 6) is 0.467. The van der Waals surface area contributed by atoms with E-state index in [9.17, 15) is 39.0 Å². The topological polar surface area (TPSA) is 187 Å². The highest BCUT2D eigenvalue weighted by atomic mass is 35.5. The number of hydrogen-bond donors (Lipinski definition) is 2. The zero-order valence-electron chi connectivity index (χ0n) is 45.0. The van der Waals surface area contributed by atoms with Crippen LogP contribution >= 0.6 is 46.6 Å². The van der Waals surface area contributed by atoms with Gasteiger partial charge in [0.15, 0.2) is 11.5 Å². The zero-order valence-corrected chi connectivity index (χ0v) is 48.0. The number of fused-ring (bicyclic) bond motifs is 1. The van der Waals surface area contributed by atoms with E-state index in [2.05, 4.69) is 28.9 Å². The van der Waals surface area contributed by atoms with Gasteiger partial charge in [0.25, 0.3) is 5.24 Å². The Morgan fingerprint density at radius 2 is 1.28 bits per heavy atom. The predicted molar refractivity (Wildman–Crippen MR) is 304 cm³/mol. The summed E-state index contributed by atoms with van der Waals surface area (Å²) in [4.78, 5) is 79.3. The molecule has 2 N–H and O–H groups in total. The fourth-order valence-electron chi connectivity index (χ4n) is 11.5. The number of nitrogens with zero attached hydrogens (tertiary/aromatic N) is 5. The maximum absolute atomic E-state index is 12.0. The van der Waals surface area contributed by atoms with Gasteiger partial charge in [-0.1, -0.05) is 76.9 Å². The zero-order chi connectivity index (χ0) is 56.3. The molecule has 2 atom stereocenters. The average Bonchev–Trinajstić information content (AvgIpc) is 4.14. The summed E-state index contributed by atoms with van der Waals surface area (Å²) in [6.45, 7) is 6.10. The average molecular weight is 1160 g/mol. The standard InChI is InChI=1S/C30H35ClN2O6S.C29H35Cl2N3O5/c1-38-27-14-20(4-11-26(27)39-13-12-33-28(34)18-40-30(33)37)17-32(16-19-2-5-21(6-3-19)29(35)36)25-10-7-22-15-23(31)8-9-24(22)25;1-19(22-8-10-24(30)11-9-22)33(16-20-3-6-23(7-4-20)28(36)37)17-21-5-12-26(25(31)15-21)39-14-13-34-27(35)18-32(2)29(34)38/h4,8-9,11,14-15,19,21,25H,2-3,5-7,10,12-13,16-18H2,1H3,(H,35,36);5,8-12,15,19-20,23H,3-4,6-7,13-14,16-18H2,1-2H3,(H,36,37)/t19-,21-,25?;19-,20-,23-/m.0/s1. The van der Waals surface area contributed by atoms with E-state index < -0.39 is 11.9 Å². The molecule has 20 heteroatoms. The van der Waals surface area contributed by atoms with Crippen LogP contribution in [0.2, 0.25) is 15.1 Å². The van der Waals surface area contributed by atoms with Gasteiger partial charge in [-0.25, -0.2) is 4.79 Å². The van der Waals surface area contributed by atoms with Crippen molar-refractivity contribution < 1.29 is 53.2 Å². The second kappa shape index (κ2) is 27.7. The molecular weight excluding hydrogens is 1090 g/mol. The number of imide groups is 2. The van der Waals surface area contributed by atoms with Gasteiger partial charge in [0.1, 0.15) is 25.5 Å². The lowest BCUT2D eigenvalue weighted by molar-refractivity contribution is -0.144. The Labute approximate surface area is 481 Å². The molecule has 2 aliphatic heterocycles. The van der Waals surface area contributed by atoms with E-state index in [1.165, 1.54) is 25.8 Å². The molecule has 2 saturated carbocycles. The number of hydrogen-bond acceptors (Lipinski definition) is 12. The van der Waals surface area contributed by atoms with Gasteiger partial charge < -0.3 is 29.3 Å². The number of carbonyl (C=O) groups is 6. The van der Waals surface area contributed by atoms with Crippen LogP contribution in [0.15, 0.2) is 78.9 Å². The minimum Gasteiger partial charge on any atom is -0.493 e. The summed E-state index contributed by atoms with van der Waals surface area (Å²) < 4.78 is 17.3. The van der Waals surface area contributed by atoms with Gasteiger partial charge in [-0.15, -0.1) is 0 Å². The highest BCUT2D eigenvalue weighted by molar-refractivity contribution is 8.14. The minimum absolute atomic E-state index is 0.0836. The van der Waals surface area contributed by atoms with Crippen LogP contribution in [0.1, 0.15) is 105 Å². The Kier molecular flexibility index (Phi) is 20.9. The van der Waals surface area contributed by atoms with Crippen LogP contribution in [-0.4, -0.2) is 136 Å². The van der Waals surface area contributed by atoms with Crippen molar-refractivity contribution in [2.75, 3.05) is 65.8 Å². The van der Waals surface area contributed by atoms with Gasteiger partial charge in [0.2, 0.25) is 11.8 Å². The Balaban J connectivity index is 0.000000208. The van der Waals surface area contributed by atoms with E-state index in [0.717, 1.165) is 104 Å². The number of likely N-dealkylation sites (N-methyl/N-ethyl adjacent to an activating group) is 1. The smallest absolute Gasteiger partial charge is 0.327 e. The van der Waals surface area contributed by atoms with Crippen molar-refractivity contribution in [2.24, 2.45) is 23.7 Å². The van der Waals surface area contributed by atoms with Crippen molar-refractivity contribution in [2.45, 2.75) is 96.3 Å². The fraction of sp³-hybridized carbons (Fsp3) is 0.492. The lowest BCUT2D eigenvalue weighted by Gasteiger charge is -2.35. The molecule has 3 aliphatic carbocycles. The molecule has 4 aromatic carbocycles. The lowest BCUT2D eigenvalue weighted by atomic mass is 9.81. The van der Waals surface area contributed by atoms with Crippen LogP contribution in [0.5, 0.6) is 17.2 Å². The van der Waals surface area contributed by atoms with Gasteiger partial charge in [-0.2, -0.15) is 0 Å². The van der Waals surface area contributed by atoms with E-state index in [-0.39, 0.29) is 85.6 Å². The van der Waals surface area contributed by atoms with Crippen LogP contribution in [0, 0.1) is 23.7 Å². The fourth-order valence-corrected chi connectivity index (χ4v) is 12.9. The molecule has 79 heavy (non-hydrogen) atoms. The molecule has 1 unspecified atom stereocenters. The SMILES string of the molecule is COc1cc(CN(C[C@H]2CC[C@H](C(=O)O)CC2)C2CCc3cc(Cl)ccc32)ccc1OCCN1C(=O)CSC1=O.C[C@@H](c1ccc(Cl)cc1)N(Cc1ccc(OCCN2C(=O)CN(C)C2=O)c(Cl)c1)C[C@H]1CC[C@H](C(=O)O)CC1. The van der Waals surface area contributed by atoms with E-state index in [0.29, 0.717) is 58.5 Å². The third kappa shape index (κ3) is 15.7. The highest BCUT2D eigenvalue weighted by Crippen LogP contribution is 2.41. The van der Waals surface area contributed by atoms with Crippen LogP contribution in [0.25, 0.3) is 0 Å². The number of thioether (sulfide) groups is 1. The molecule has 0 aromatic heterocycles. The number of carboxylic acids is 2. The Hall–Kier alpha value is -5.56. The van der Waals surface area contributed by atoms with Crippen molar-refractivity contribution >= 4 is 81.6 Å². The first kappa shape index (κ1) is 59.6. The summed E-state index contributed by atoms with van der Waals surface area (Å²) >= 11 is 20.0. The third-order valence-corrected chi connectivity index (χ3v) is 17.7. The predicted octanol–water partition coefficient (Wildman–Crippen LogP) is 11.5. The van der Waals surface area contributed by atoms with Crippen LogP contribution in [-0.2, 0) is 38.7 Å². The van der Waals surface area contributed by atoms with Crippen molar-refractivity contribution in [1.29, 1.82) is 0 Å². The Morgan fingerprint density at radius 3 is 1.86 bits per heavy atom. The van der Waals surface area contributed by atoms with E-state index >= 15 is 0 Å². The maximum Gasteiger partial charge on any atom is 0.327 e. The molecule has 5 aliphatic rings. The molecule has 4 fully saturated rings. The number of ether oxygens (including phenoxy) is 3. The normalized spacial score (nSPS) is 21.6. The second-order valence-corrected chi connectivity index (χ2v) is 23.5. The first-order chi connectivity index (χ1) is 37.9. The van der Waals surface area contributed by atoms with Crippen molar-refractivity contribution in [3.63, 3.8) is 0 Å². The van der Waals surface area contributed by atoms with Crippen molar-refractivity contribution in [3.8, 4) is 17.2 Å². The Morgan fingerprint density at radius 1 is 0.684 bits per heavy atom. The monoisotopic (exact) mass is 1160 g/mol. The molecule has 0 spiro atoms. The number of benzene rings is 4. The number of rotatable bonds is 22. The Bertz CT molecular complexity index is 2810. The molecule has 2 saturated heterocycles. The summed E-state index contributed by atoms with van der Waals surface area (Å²) in [5.41, 5.74) is 5.89. The highest BCUT2D eigenvalue weighted by Gasteiger charge is 2.35. The number of methoxy groups -OCH3 is 1. The summed E-state index contributed by atoms with van der Waals surface area (Å²) in [5, 5.41) is 20.5. The molecule has 16 nitrogen and oxygen atoms in total. The summed E-state index contributed by atoms with van der Waals surface area (Å²) in [6.07, 6.45) is 8.53. The molecule has 0 radical (unpaired) electrons. The number of carbonyl (C=O) groups excluding carboxylic acids is 4. The minimum atomic E-state index is -0.692.